The molecule has 0 spiro atoms. The Labute approximate surface area is 145 Å². The molecule has 2 aromatic heterocycles. The number of carbonyl (C=O) groups excluding carboxylic acids is 1. The summed E-state index contributed by atoms with van der Waals surface area (Å²) in [7, 11) is 0. The monoisotopic (exact) mass is 325 g/mol. The topological polar surface area (TPSA) is 54.9 Å². The second kappa shape index (κ2) is 6.53. The molecule has 0 unspecified atom stereocenters. The van der Waals surface area contributed by atoms with Crippen LogP contribution in [-0.2, 0) is 0 Å². The maximum atomic E-state index is 12.5. The van der Waals surface area contributed by atoms with Crippen molar-refractivity contribution in [1.29, 1.82) is 0 Å². The largest absolute Gasteiger partial charge is 0.322 e. The Morgan fingerprint density at radius 3 is 2.44 bits per heavy atom. The standard InChI is InChI=1S/C21H15N3O/c25-21(24-18-10-11-20-17(14-18)4-3-13-23-20)16-8-6-15(7-9-16)19-5-1-2-12-22-19/h1-14H,(H,24,25). The molecule has 0 aliphatic carbocycles. The molecule has 0 aliphatic rings. The van der Waals surface area contributed by atoms with Crippen LogP contribution in [-0.4, -0.2) is 15.9 Å². The van der Waals surface area contributed by atoms with Gasteiger partial charge in [-0.25, -0.2) is 0 Å². The Morgan fingerprint density at radius 1 is 0.800 bits per heavy atom. The van der Waals surface area contributed by atoms with Crippen molar-refractivity contribution in [2.75, 3.05) is 5.32 Å². The first-order valence-electron chi connectivity index (χ1n) is 7.97. The van der Waals surface area contributed by atoms with Gasteiger partial charge in [-0.15, -0.1) is 0 Å². The summed E-state index contributed by atoms with van der Waals surface area (Å²) < 4.78 is 0. The van der Waals surface area contributed by atoms with Crippen LogP contribution in [0.5, 0.6) is 0 Å². The Hall–Kier alpha value is -3.53. The number of benzene rings is 2. The third-order valence-electron chi connectivity index (χ3n) is 3.97. The first kappa shape index (κ1) is 15.0. The van der Waals surface area contributed by atoms with Crippen molar-refractivity contribution in [1.82, 2.24) is 9.97 Å². The molecule has 4 nitrogen and oxygen atoms in total. The molecule has 0 fully saturated rings. The van der Waals surface area contributed by atoms with E-state index in [0.717, 1.165) is 27.8 Å². The van der Waals surface area contributed by atoms with Crippen molar-refractivity contribution in [3.63, 3.8) is 0 Å². The lowest BCUT2D eigenvalue weighted by molar-refractivity contribution is 0.102. The van der Waals surface area contributed by atoms with Gasteiger partial charge in [0.25, 0.3) is 5.91 Å². The number of rotatable bonds is 3. The van der Waals surface area contributed by atoms with Crippen molar-refractivity contribution in [3.05, 3.63) is 90.8 Å². The maximum absolute atomic E-state index is 12.5. The van der Waals surface area contributed by atoms with Gasteiger partial charge in [0.05, 0.1) is 11.2 Å². The minimum Gasteiger partial charge on any atom is -0.322 e. The third kappa shape index (κ3) is 3.23. The molecule has 2 heterocycles. The normalized spacial score (nSPS) is 10.6. The molecule has 1 N–H and O–H groups in total. The molecule has 0 aliphatic heterocycles. The molecule has 1 amide bonds. The molecule has 25 heavy (non-hydrogen) atoms. The number of fused-ring (bicyclic) bond motifs is 1. The van der Waals surface area contributed by atoms with Gasteiger partial charge in [-0.3, -0.25) is 14.8 Å². The summed E-state index contributed by atoms with van der Waals surface area (Å²) in [4.78, 5) is 21.0. The zero-order valence-electron chi connectivity index (χ0n) is 13.4. The Morgan fingerprint density at radius 2 is 1.64 bits per heavy atom. The first-order valence-corrected chi connectivity index (χ1v) is 7.97. The van der Waals surface area contributed by atoms with Gasteiger partial charge in [0, 0.05) is 34.6 Å². The summed E-state index contributed by atoms with van der Waals surface area (Å²) in [6.45, 7) is 0. The number of hydrogen-bond acceptors (Lipinski definition) is 3. The minimum absolute atomic E-state index is 0.143. The van der Waals surface area contributed by atoms with E-state index in [1.165, 1.54) is 0 Å². The highest BCUT2D eigenvalue weighted by molar-refractivity contribution is 6.05. The van der Waals surface area contributed by atoms with E-state index in [9.17, 15) is 4.79 Å². The summed E-state index contributed by atoms with van der Waals surface area (Å²) in [6, 6.07) is 22.7. The van der Waals surface area contributed by atoms with Crippen LogP contribution in [0.25, 0.3) is 22.2 Å². The Kier molecular flexibility index (Phi) is 3.92. The van der Waals surface area contributed by atoms with Gasteiger partial charge in [-0.2, -0.15) is 0 Å². The number of nitrogens with zero attached hydrogens (tertiary/aromatic N) is 2. The molecule has 120 valence electrons. The van der Waals surface area contributed by atoms with Gasteiger partial charge < -0.3 is 5.32 Å². The van der Waals surface area contributed by atoms with Crippen LogP contribution in [0.3, 0.4) is 0 Å². The SMILES string of the molecule is O=C(Nc1ccc2ncccc2c1)c1ccc(-c2ccccn2)cc1. The fraction of sp³-hybridized carbons (Fsp3) is 0. The highest BCUT2D eigenvalue weighted by atomic mass is 16.1. The molecule has 2 aromatic carbocycles. The first-order chi connectivity index (χ1) is 12.3. The summed E-state index contributed by atoms with van der Waals surface area (Å²) in [5.41, 5.74) is 4.12. The van der Waals surface area contributed by atoms with Gasteiger partial charge in [0.15, 0.2) is 0 Å². The maximum Gasteiger partial charge on any atom is 0.255 e. The van der Waals surface area contributed by atoms with E-state index >= 15 is 0 Å². The molecule has 0 saturated heterocycles. The molecular formula is C21H15N3O. The predicted molar refractivity (Wildman–Crippen MR) is 99.4 cm³/mol. The Bertz CT molecular complexity index is 1030. The van der Waals surface area contributed by atoms with Crippen molar-refractivity contribution in [3.8, 4) is 11.3 Å². The van der Waals surface area contributed by atoms with Crippen LogP contribution in [0.2, 0.25) is 0 Å². The zero-order valence-corrected chi connectivity index (χ0v) is 13.4. The molecule has 0 saturated carbocycles. The smallest absolute Gasteiger partial charge is 0.255 e. The molecule has 0 atom stereocenters. The lowest BCUT2D eigenvalue weighted by atomic mass is 10.1. The van der Waals surface area contributed by atoms with E-state index in [1.54, 1.807) is 12.4 Å². The fourth-order valence-electron chi connectivity index (χ4n) is 2.68. The van der Waals surface area contributed by atoms with Crippen LogP contribution >= 0.6 is 0 Å². The molecule has 4 rings (SSSR count). The fourth-order valence-corrected chi connectivity index (χ4v) is 2.68. The van der Waals surface area contributed by atoms with E-state index in [1.807, 2.05) is 72.8 Å². The number of carbonyl (C=O) groups is 1. The number of nitrogens with one attached hydrogen (secondary N) is 1. The highest BCUT2D eigenvalue weighted by Gasteiger charge is 2.07. The summed E-state index contributed by atoms with van der Waals surface area (Å²) in [6.07, 6.45) is 3.51. The number of pyridine rings is 2. The second-order valence-electron chi connectivity index (χ2n) is 5.66. The molecule has 0 radical (unpaired) electrons. The molecule has 4 aromatic rings. The van der Waals surface area contributed by atoms with Gasteiger partial charge in [-0.1, -0.05) is 24.3 Å². The molecular weight excluding hydrogens is 310 g/mol. The molecule has 0 bridgehead atoms. The highest BCUT2D eigenvalue weighted by Crippen LogP contribution is 2.20. The van der Waals surface area contributed by atoms with Gasteiger partial charge >= 0.3 is 0 Å². The van der Waals surface area contributed by atoms with Crippen LogP contribution in [0, 0.1) is 0 Å². The van der Waals surface area contributed by atoms with E-state index in [-0.39, 0.29) is 5.91 Å². The lowest BCUT2D eigenvalue weighted by Gasteiger charge is -2.07. The van der Waals surface area contributed by atoms with Gasteiger partial charge in [0.2, 0.25) is 0 Å². The number of hydrogen-bond donors (Lipinski definition) is 1. The lowest BCUT2D eigenvalue weighted by Crippen LogP contribution is -2.11. The summed E-state index contributed by atoms with van der Waals surface area (Å²) in [5, 5.41) is 3.92. The molecule has 4 heteroatoms. The van der Waals surface area contributed by atoms with E-state index in [2.05, 4.69) is 15.3 Å². The third-order valence-corrected chi connectivity index (χ3v) is 3.97. The van der Waals surface area contributed by atoms with E-state index in [0.29, 0.717) is 5.56 Å². The number of aromatic nitrogens is 2. The van der Waals surface area contributed by atoms with Crippen molar-refractivity contribution < 1.29 is 4.79 Å². The average molecular weight is 325 g/mol. The number of anilines is 1. The quantitative estimate of drug-likeness (QED) is 0.601. The minimum atomic E-state index is -0.143. The summed E-state index contributed by atoms with van der Waals surface area (Å²) >= 11 is 0. The van der Waals surface area contributed by atoms with Gasteiger partial charge in [0.1, 0.15) is 0 Å². The van der Waals surface area contributed by atoms with Crippen LogP contribution in [0.1, 0.15) is 10.4 Å². The van der Waals surface area contributed by atoms with E-state index in [4.69, 9.17) is 0 Å². The predicted octanol–water partition coefficient (Wildman–Crippen LogP) is 4.55. The van der Waals surface area contributed by atoms with Crippen LogP contribution in [0.4, 0.5) is 5.69 Å². The number of amides is 1. The summed E-state index contributed by atoms with van der Waals surface area (Å²) in [5.74, 6) is -0.143. The Balaban J connectivity index is 1.54. The second-order valence-corrected chi connectivity index (χ2v) is 5.66. The van der Waals surface area contributed by atoms with Crippen molar-refractivity contribution in [2.45, 2.75) is 0 Å². The van der Waals surface area contributed by atoms with Crippen LogP contribution < -0.4 is 5.32 Å². The zero-order chi connectivity index (χ0) is 17.1. The van der Waals surface area contributed by atoms with Crippen molar-refractivity contribution in [2.24, 2.45) is 0 Å². The van der Waals surface area contributed by atoms with Gasteiger partial charge in [-0.05, 0) is 48.5 Å². The van der Waals surface area contributed by atoms with Crippen molar-refractivity contribution >= 4 is 22.5 Å². The van der Waals surface area contributed by atoms with Crippen LogP contribution in [0.15, 0.2) is 85.2 Å². The average Bonchev–Trinajstić information content (AvgIpc) is 2.69. The van der Waals surface area contributed by atoms with E-state index < -0.39 is 0 Å².